The molecule has 0 unspecified atom stereocenters. The second kappa shape index (κ2) is 6.73. The third-order valence-electron chi connectivity index (χ3n) is 4.74. The highest BCUT2D eigenvalue weighted by molar-refractivity contribution is 5.87. The minimum atomic E-state index is -0.705. The Labute approximate surface area is 141 Å². The van der Waals surface area contributed by atoms with Gasteiger partial charge in [0, 0.05) is 45.1 Å². The number of hydrogen-bond acceptors (Lipinski definition) is 6. The van der Waals surface area contributed by atoms with Crippen LogP contribution in [-0.2, 0) is 14.9 Å². The molecule has 1 aromatic rings. The van der Waals surface area contributed by atoms with Crippen molar-refractivity contribution in [3.05, 3.63) is 17.5 Å². The maximum absolute atomic E-state index is 12.9. The molecule has 3 rings (SSSR count). The number of hydrogen-bond donors (Lipinski definition) is 1. The van der Waals surface area contributed by atoms with E-state index in [0.717, 1.165) is 12.1 Å². The van der Waals surface area contributed by atoms with Gasteiger partial charge >= 0.3 is 0 Å². The lowest BCUT2D eigenvalue weighted by molar-refractivity contribution is -0.131. The van der Waals surface area contributed by atoms with Gasteiger partial charge in [0.15, 0.2) is 11.4 Å². The molecule has 3 heterocycles. The first-order valence-electron chi connectivity index (χ1n) is 8.28. The second-order valence-electron chi connectivity index (χ2n) is 6.42. The number of carbonyl (C=O) groups is 1. The van der Waals surface area contributed by atoms with E-state index in [1.165, 1.54) is 0 Å². The standard InChI is InChI=1S/C17H22N4O3/c1-3-4-5-17(20-21-17)6-9-18-15(22)16(7-10-23-11-8-16)14-12-13(2)19-24-14/h1,12H,4-11H2,2H3,(H,18,22). The molecule has 1 aromatic heterocycles. The van der Waals surface area contributed by atoms with Gasteiger partial charge in [-0.05, 0) is 19.8 Å². The van der Waals surface area contributed by atoms with Gasteiger partial charge in [-0.15, -0.1) is 12.3 Å². The molecule has 0 saturated carbocycles. The summed E-state index contributed by atoms with van der Waals surface area (Å²) in [6.45, 7) is 3.42. The molecule has 7 nitrogen and oxygen atoms in total. The van der Waals surface area contributed by atoms with Gasteiger partial charge in [0.2, 0.25) is 5.91 Å². The normalized spacial score (nSPS) is 20.3. The van der Waals surface area contributed by atoms with Crippen molar-refractivity contribution in [2.75, 3.05) is 19.8 Å². The fourth-order valence-corrected chi connectivity index (χ4v) is 3.11. The van der Waals surface area contributed by atoms with Crippen LogP contribution in [0, 0.1) is 19.3 Å². The van der Waals surface area contributed by atoms with Crippen molar-refractivity contribution in [1.29, 1.82) is 0 Å². The highest BCUT2D eigenvalue weighted by atomic mass is 16.5. The molecule has 0 bridgehead atoms. The van der Waals surface area contributed by atoms with Gasteiger partial charge in [-0.25, -0.2) is 0 Å². The molecule has 0 aromatic carbocycles. The van der Waals surface area contributed by atoms with Gasteiger partial charge in [-0.1, -0.05) is 5.16 Å². The Bertz CT molecular complexity index is 662. The summed E-state index contributed by atoms with van der Waals surface area (Å²) in [5, 5.41) is 15.1. The van der Waals surface area contributed by atoms with Crippen LogP contribution in [0.2, 0.25) is 0 Å². The molecule has 1 saturated heterocycles. The molecule has 2 aliphatic rings. The van der Waals surface area contributed by atoms with Crippen LogP contribution in [0.25, 0.3) is 0 Å². The fourth-order valence-electron chi connectivity index (χ4n) is 3.11. The summed E-state index contributed by atoms with van der Waals surface area (Å²) in [5.74, 6) is 3.17. The predicted molar refractivity (Wildman–Crippen MR) is 86.3 cm³/mol. The second-order valence-corrected chi connectivity index (χ2v) is 6.42. The number of aromatic nitrogens is 1. The number of carbonyl (C=O) groups excluding carboxylic acids is 1. The van der Waals surface area contributed by atoms with E-state index in [2.05, 4.69) is 26.6 Å². The molecule has 0 aliphatic carbocycles. The first kappa shape index (κ1) is 16.7. The Morgan fingerprint density at radius 2 is 2.12 bits per heavy atom. The van der Waals surface area contributed by atoms with Crippen LogP contribution in [0.5, 0.6) is 0 Å². The van der Waals surface area contributed by atoms with Crippen LogP contribution < -0.4 is 5.32 Å². The number of ether oxygens (including phenoxy) is 1. The Morgan fingerprint density at radius 1 is 1.38 bits per heavy atom. The average molecular weight is 330 g/mol. The number of amides is 1. The Morgan fingerprint density at radius 3 is 2.71 bits per heavy atom. The summed E-state index contributed by atoms with van der Waals surface area (Å²) in [7, 11) is 0. The van der Waals surface area contributed by atoms with Crippen LogP contribution in [-0.4, -0.2) is 36.5 Å². The zero-order chi connectivity index (χ0) is 17.0. The van der Waals surface area contributed by atoms with E-state index in [1.807, 2.05) is 13.0 Å². The van der Waals surface area contributed by atoms with Crippen molar-refractivity contribution in [3.63, 3.8) is 0 Å². The zero-order valence-corrected chi connectivity index (χ0v) is 13.9. The molecule has 1 N–H and O–H groups in total. The highest BCUT2D eigenvalue weighted by Crippen LogP contribution is 2.37. The first-order chi connectivity index (χ1) is 11.6. The first-order valence-corrected chi connectivity index (χ1v) is 8.28. The molecule has 7 heteroatoms. The van der Waals surface area contributed by atoms with Gasteiger partial charge in [-0.2, -0.15) is 10.2 Å². The number of nitrogens with zero attached hydrogens (tertiary/aromatic N) is 3. The largest absolute Gasteiger partial charge is 0.381 e. The van der Waals surface area contributed by atoms with Crippen molar-refractivity contribution >= 4 is 5.91 Å². The molecule has 0 spiro atoms. The van der Waals surface area contributed by atoms with Crippen LogP contribution >= 0.6 is 0 Å². The SMILES string of the molecule is C#CCCC1(CCNC(=O)C2(c3cc(C)no3)CCOCC2)N=N1. The average Bonchev–Trinajstić information content (AvgIpc) is 3.23. The molecule has 1 amide bonds. The van der Waals surface area contributed by atoms with Crippen molar-refractivity contribution in [3.8, 4) is 12.3 Å². The number of nitrogens with one attached hydrogen (secondary N) is 1. The third-order valence-corrected chi connectivity index (χ3v) is 4.74. The van der Waals surface area contributed by atoms with Crippen LogP contribution in [0.1, 0.15) is 43.6 Å². The molecule has 1 fully saturated rings. The molecule has 0 atom stereocenters. The van der Waals surface area contributed by atoms with E-state index in [0.29, 0.717) is 51.2 Å². The van der Waals surface area contributed by atoms with Crippen molar-refractivity contribution in [1.82, 2.24) is 10.5 Å². The number of rotatable bonds is 7. The predicted octanol–water partition coefficient (Wildman–Crippen LogP) is 2.11. The summed E-state index contributed by atoms with van der Waals surface area (Å²) < 4.78 is 10.8. The smallest absolute Gasteiger partial charge is 0.234 e. The third kappa shape index (κ3) is 3.34. The van der Waals surface area contributed by atoms with Crippen molar-refractivity contribution < 1.29 is 14.1 Å². The van der Waals surface area contributed by atoms with E-state index in [1.54, 1.807) is 0 Å². The molecule has 128 valence electrons. The molecule has 0 radical (unpaired) electrons. The lowest BCUT2D eigenvalue weighted by Gasteiger charge is -2.33. The molecular formula is C17H22N4O3. The lowest BCUT2D eigenvalue weighted by Crippen LogP contribution is -2.48. The fraction of sp³-hybridized carbons (Fsp3) is 0.647. The molecule has 24 heavy (non-hydrogen) atoms. The summed E-state index contributed by atoms with van der Waals surface area (Å²) in [6, 6.07) is 1.84. The topological polar surface area (TPSA) is 89.1 Å². The lowest BCUT2D eigenvalue weighted by atomic mass is 9.77. The monoisotopic (exact) mass is 330 g/mol. The van der Waals surface area contributed by atoms with Crippen LogP contribution in [0.3, 0.4) is 0 Å². The van der Waals surface area contributed by atoms with Gasteiger partial charge < -0.3 is 14.6 Å². The summed E-state index contributed by atoms with van der Waals surface area (Å²) in [5.41, 5.74) is -0.318. The number of aryl methyl sites for hydroxylation is 1. The van der Waals surface area contributed by atoms with E-state index >= 15 is 0 Å². The van der Waals surface area contributed by atoms with Gasteiger partial charge in [0.1, 0.15) is 5.41 Å². The summed E-state index contributed by atoms with van der Waals surface area (Å²) in [6.07, 6.45) is 8.51. The van der Waals surface area contributed by atoms with E-state index in [4.69, 9.17) is 15.7 Å². The quantitative estimate of drug-likeness (QED) is 0.775. The molecule has 2 aliphatic heterocycles. The molecular weight excluding hydrogens is 308 g/mol. The van der Waals surface area contributed by atoms with Gasteiger partial charge in [0.05, 0.1) is 5.69 Å². The maximum Gasteiger partial charge on any atom is 0.234 e. The van der Waals surface area contributed by atoms with E-state index < -0.39 is 5.41 Å². The van der Waals surface area contributed by atoms with Crippen molar-refractivity contribution in [2.45, 2.75) is 50.1 Å². The van der Waals surface area contributed by atoms with Crippen molar-refractivity contribution in [2.24, 2.45) is 10.2 Å². The minimum absolute atomic E-state index is 0.0466. The van der Waals surface area contributed by atoms with Gasteiger partial charge in [0.25, 0.3) is 0 Å². The Balaban J connectivity index is 1.61. The van der Waals surface area contributed by atoms with Crippen LogP contribution in [0.15, 0.2) is 20.8 Å². The Kier molecular flexibility index (Phi) is 4.67. The Hall–Kier alpha value is -2.20. The minimum Gasteiger partial charge on any atom is -0.381 e. The van der Waals surface area contributed by atoms with E-state index in [-0.39, 0.29) is 11.6 Å². The number of terminal acetylenes is 1. The van der Waals surface area contributed by atoms with Gasteiger partial charge in [-0.3, -0.25) is 4.79 Å². The highest BCUT2D eigenvalue weighted by Gasteiger charge is 2.45. The van der Waals surface area contributed by atoms with Crippen LogP contribution in [0.4, 0.5) is 0 Å². The summed E-state index contributed by atoms with van der Waals surface area (Å²) in [4.78, 5) is 12.9. The summed E-state index contributed by atoms with van der Waals surface area (Å²) >= 11 is 0. The maximum atomic E-state index is 12.9. The zero-order valence-electron chi connectivity index (χ0n) is 13.9. The van der Waals surface area contributed by atoms with E-state index in [9.17, 15) is 4.79 Å².